The molecule has 0 radical (unpaired) electrons. The molecule has 0 aliphatic rings. The number of aliphatic carboxylic acids is 1. The van der Waals surface area contributed by atoms with Crippen LogP contribution in [0, 0.1) is 0 Å². The quantitative estimate of drug-likeness (QED) is 0.0124. The summed E-state index contributed by atoms with van der Waals surface area (Å²) < 4.78 is 25.2. The predicted molar refractivity (Wildman–Crippen MR) is 303 cm³/mol. The first-order chi connectivity index (χ1) is 38.5. The predicted octanol–water partition coefficient (Wildman–Crippen LogP) is 9.24. The van der Waals surface area contributed by atoms with Crippen molar-refractivity contribution in [2.24, 2.45) is 5.73 Å². The number of aliphatic hydroxyl groups is 2. The summed E-state index contributed by atoms with van der Waals surface area (Å²) in [6.45, 7) is 0.223. The van der Waals surface area contributed by atoms with Gasteiger partial charge in [0.2, 0.25) is 0 Å². The molecule has 0 saturated carbocycles. The third-order valence-electron chi connectivity index (χ3n) is 11.4. The summed E-state index contributed by atoms with van der Waals surface area (Å²) in [4.78, 5) is 68.5. The highest BCUT2D eigenvalue weighted by molar-refractivity contribution is 6.80. The molecule has 0 spiro atoms. The van der Waals surface area contributed by atoms with Gasteiger partial charge < -0.3 is 50.1 Å². The molecule has 7 aromatic rings. The zero-order valence-corrected chi connectivity index (χ0v) is 45.4. The lowest BCUT2D eigenvalue weighted by Gasteiger charge is -2.20. The Kier molecular flexibility index (Phi) is 26.7. The molecular weight excluding hydrogens is 1090 g/mol. The summed E-state index contributed by atoms with van der Waals surface area (Å²) in [5, 5.41) is 31.7. The Labute approximate surface area is 477 Å². The summed E-state index contributed by atoms with van der Waals surface area (Å²) in [7, 11) is 0. The summed E-state index contributed by atoms with van der Waals surface area (Å²) >= 11 is 17.0. The van der Waals surface area contributed by atoms with Crippen LogP contribution in [0.1, 0.15) is 29.5 Å². The fraction of sp³-hybridized carbons (Fsp3) is 0.213. The van der Waals surface area contributed by atoms with E-state index < -0.39 is 53.3 Å². The average Bonchev–Trinajstić information content (AvgIpc) is 3.46. The van der Waals surface area contributed by atoms with Gasteiger partial charge in [0.15, 0.2) is 12.2 Å². The molecule has 19 heteroatoms. The van der Waals surface area contributed by atoms with E-state index in [0.717, 1.165) is 38.9 Å². The maximum absolute atomic E-state index is 12.4. The van der Waals surface area contributed by atoms with Gasteiger partial charge in [0, 0.05) is 28.5 Å². The number of halogens is 3. The van der Waals surface area contributed by atoms with Gasteiger partial charge >= 0.3 is 35.0 Å². The van der Waals surface area contributed by atoms with E-state index in [1.54, 1.807) is 42.5 Å². The van der Waals surface area contributed by atoms with Gasteiger partial charge in [0.25, 0.3) is 0 Å². The Morgan fingerprint density at radius 3 is 1.41 bits per heavy atom. The standard InChI is InChI=1S/C27H26ClNO7.C24H24ClNO3.C10H9ClO4/c28-21-6-4-5-20(16-21)19-11-9-18(10-12-19)15-22(17-24(30)26(32)33)29-25(31)27(34)36-14-13-35-23-7-2-1-3-8-23;25-21-8-4-7-20(14-21)19-11-9-17(10-12-19)13-22(26)15-23(27)24(28)29-16-18-5-2-1-3-6-18;11-9(12)10(13)15-7-6-14-8-4-2-1-3-5-8/h1-12,16,22,24,30H,13-15,17H2,(H,29,31)(H,32,33);1-12,14,22-23,27H,13,15-16,26H2;1-5H,6-7H2/t22-,24-;22-,23-;/m11./s1. The molecule has 7 rings (SSSR count). The first-order valence-electron chi connectivity index (χ1n) is 25.0. The molecule has 16 nitrogen and oxygen atoms in total. The van der Waals surface area contributed by atoms with Crippen LogP contribution in [0.5, 0.6) is 11.5 Å². The van der Waals surface area contributed by atoms with Crippen molar-refractivity contribution < 1.29 is 67.8 Å². The van der Waals surface area contributed by atoms with Crippen LogP contribution in [0.3, 0.4) is 0 Å². The van der Waals surface area contributed by atoms with Crippen molar-refractivity contribution in [3.63, 3.8) is 0 Å². The Bertz CT molecular complexity index is 3050. The minimum Gasteiger partial charge on any atom is -0.490 e. The van der Waals surface area contributed by atoms with E-state index in [1.165, 1.54) is 0 Å². The number of carbonyl (C=O) groups excluding carboxylic acids is 5. The van der Waals surface area contributed by atoms with Crippen LogP contribution < -0.4 is 20.5 Å². The topological polar surface area (TPSA) is 247 Å². The first-order valence-corrected chi connectivity index (χ1v) is 26.1. The second-order valence-electron chi connectivity index (χ2n) is 17.6. The van der Waals surface area contributed by atoms with Crippen LogP contribution in [-0.2, 0) is 62.4 Å². The second kappa shape index (κ2) is 34.0. The van der Waals surface area contributed by atoms with Gasteiger partial charge in [0.1, 0.15) is 44.5 Å². The normalized spacial score (nSPS) is 12.0. The fourth-order valence-electron chi connectivity index (χ4n) is 7.43. The van der Waals surface area contributed by atoms with Gasteiger partial charge in [-0.3, -0.25) is 9.59 Å². The highest BCUT2D eigenvalue weighted by Crippen LogP contribution is 2.25. The lowest BCUT2D eigenvalue weighted by atomic mass is 9.98. The van der Waals surface area contributed by atoms with E-state index in [0.29, 0.717) is 28.0 Å². The van der Waals surface area contributed by atoms with Crippen LogP contribution in [0.15, 0.2) is 188 Å². The minimum atomic E-state index is -1.71. The van der Waals surface area contributed by atoms with E-state index in [-0.39, 0.29) is 58.3 Å². The number of rotatable bonds is 24. The molecule has 4 atom stereocenters. The van der Waals surface area contributed by atoms with E-state index >= 15 is 0 Å². The monoisotopic (exact) mass is 1150 g/mol. The van der Waals surface area contributed by atoms with Crippen LogP contribution >= 0.6 is 34.8 Å². The van der Waals surface area contributed by atoms with Gasteiger partial charge in [-0.1, -0.05) is 163 Å². The van der Waals surface area contributed by atoms with Gasteiger partial charge in [-0.05, 0) is 118 Å². The molecule has 1 amide bonds. The largest absolute Gasteiger partial charge is 0.490 e. The average molecular weight is 1150 g/mol. The van der Waals surface area contributed by atoms with E-state index in [2.05, 4.69) is 10.1 Å². The zero-order valence-electron chi connectivity index (χ0n) is 43.1. The van der Waals surface area contributed by atoms with Gasteiger partial charge in [-0.15, -0.1) is 0 Å². The lowest BCUT2D eigenvalue weighted by Crippen LogP contribution is -2.44. The number of aliphatic hydroxyl groups excluding tert-OH is 2. The number of amides is 1. The maximum Gasteiger partial charge on any atom is 0.396 e. The number of hydrogen-bond acceptors (Lipinski definition) is 14. The van der Waals surface area contributed by atoms with Crippen molar-refractivity contribution >= 4 is 69.8 Å². The van der Waals surface area contributed by atoms with Crippen LogP contribution in [-0.4, -0.2) is 101 Å². The third kappa shape index (κ3) is 23.5. The Morgan fingerprint density at radius 1 is 0.487 bits per heavy atom. The Balaban J connectivity index is 0.000000238. The van der Waals surface area contributed by atoms with Crippen molar-refractivity contribution in [2.75, 3.05) is 26.4 Å². The van der Waals surface area contributed by atoms with Crippen LogP contribution in [0.4, 0.5) is 0 Å². The summed E-state index contributed by atoms with van der Waals surface area (Å²) in [6, 6.07) is 56.6. The number of nitrogens with one attached hydrogen (secondary N) is 1. The maximum atomic E-state index is 12.4. The number of carbonyl (C=O) groups is 6. The van der Waals surface area contributed by atoms with Crippen LogP contribution in [0.25, 0.3) is 22.3 Å². The smallest absolute Gasteiger partial charge is 0.396 e. The highest BCUT2D eigenvalue weighted by Gasteiger charge is 2.26. The molecule has 0 aliphatic heterocycles. The lowest BCUT2D eigenvalue weighted by molar-refractivity contribution is -0.156. The molecule has 0 fully saturated rings. The van der Waals surface area contributed by atoms with Crippen molar-refractivity contribution in [1.29, 1.82) is 0 Å². The van der Waals surface area contributed by atoms with Gasteiger partial charge in [0.05, 0.1) is 0 Å². The first kappa shape index (κ1) is 62.7. The SMILES string of the molecule is N[C@H](Cc1ccc(-c2cccc(Cl)c2)cc1)C[C@@H](O)C(=O)OCc1ccccc1.O=C(Cl)C(=O)OCCOc1ccccc1.O=C(N[C@H](Cc1ccc(-c2cccc(Cl)c2)cc1)C[C@@H](O)C(=O)O)C(=O)OCCOc1ccccc1. The number of benzene rings is 7. The number of nitrogens with two attached hydrogens (primary N) is 1. The molecule has 0 aromatic heterocycles. The molecular formula is C61H59Cl3N2O14. The highest BCUT2D eigenvalue weighted by atomic mass is 35.5. The second-order valence-corrected chi connectivity index (χ2v) is 18.8. The summed E-state index contributed by atoms with van der Waals surface area (Å²) in [6.07, 6.45) is -2.35. The van der Waals surface area contributed by atoms with E-state index in [4.69, 9.17) is 64.6 Å². The molecule has 0 bridgehead atoms. The number of esters is 3. The van der Waals surface area contributed by atoms with Gasteiger partial charge in [-0.2, -0.15) is 0 Å². The molecule has 0 unspecified atom stereocenters. The molecule has 7 aromatic carbocycles. The van der Waals surface area contributed by atoms with E-state index in [9.17, 15) is 39.0 Å². The number of para-hydroxylation sites is 2. The Morgan fingerprint density at radius 2 is 0.950 bits per heavy atom. The number of hydrogen-bond donors (Lipinski definition) is 5. The van der Waals surface area contributed by atoms with Crippen LogP contribution in [0.2, 0.25) is 10.0 Å². The fourth-order valence-corrected chi connectivity index (χ4v) is 7.87. The van der Waals surface area contributed by atoms with Gasteiger partial charge in [-0.25, -0.2) is 19.2 Å². The number of carboxylic acids is 1. The van der Waals surface area contributed by atoms with Crippen molar-refractivity contribution in [1.82, 2.24) is 5.32 Å². The number of carboxylic acid groups (broad SMARTS) is 1. The summed E-state index contributed by atoms with van der Waals surface area (Å²) in [5.41, 5.74) is 12.8. The van der Waals surface area contributed by atoms with Crippen molar-refractivity contribution in [3.8, 4) is 33.8 Å². The van der Waals surface area contributed by atoms with Crippen molar-refractivity contribution in [3.05, 3.63) is 215 Å². The zero-order chi connectivity index (χ0) is 57.7. The molecule has 0 heterocycles. The molecule has 418 valence electrons. The minimum absolute atomic E-state index is 0.00775. The third-order valence-corrected chi connectivity index (χ3v) is 12.0. The Hall–Kier alpha value is -8.09. The molecule has 80 heavy (non-hydrogen) atoms. The van der Waals surface area contributed by atoms with E-state index in [1.807, 2.05) is 146 Å². The number of ether oxygens (including phenoxy) is 5. The molecule has 6 N–H and O–H groups in total. The van der Waals surface area contributed by atoms with Crippen molar-refractivity contribution in [2.45, 2.75) is 56.6 Å². The molecule has 0 aliphatic carbocycles. The summed E-state index contributed by atoms with van der Waals surface area (Å²) in [5.74, 6) is -4.03. The molecule has 0 saturated heterocycles.